The van der Waals surface area contributed by atoms with Crippen LogP contribution in [0, 0.1) is 34.3 Å². The van der Waals surface area contributed by atoms with E-state index in [9.17, 15) is 37.5 Å². The highest BCUT2D eigenvalue weighted by Gasteiger charge is 2.56. The standard InChI is InChI=1S/C54H65F5N10O8S/c1-52(2,3)45(77-50(73)60-6)47(72)66-68(26-38-39(55)21-34(22-40(38)56)49-65-64-48(78-49)33-15-16-33)27-42(70)41(62-46(71)44(63-51(74)75-7)53(4,5)54(57,58)59)20-31-11-8-30(9-12-31)10-13-32-14-19-43(61-23-32)67-24-35-17-18-36(25-67)69(35)37-28-76-29-37/h8-9,11-12,14,19,21-23,33,35-37,41-42,44-45,70H,15-18,20,24-29H2,1-7H3,(H,60,73)(H,62,71)(H,63,74)(H,66,72)/t35-,36-,41-,42-,44+,45+/m0/s1. The van der Waals surface area contributed by atoms with Gasteiger partial charge in [0.25, 0.3) is 5.91 Å². The Bertz CT molecular complexity index is 2830. The highest BCUT2D eigenvalue weighted by atomic mass is 32.1. The zero-order chi connectivity index (χ0) is 56.3. The summed E-state index contributed by atoms with van der Waals surface area (Å²) in [6, 6.07) is 10.1. The summed E-state index contributed by atoms with van der Waals surface area (Å²) >= 11 is 1.21. The lowest BCUT2D eigenvalue weighted by Gasteiger charge is -2.47. The summed E-state index contributed by atoms with van der Waals surface area (Å²) in [4.78, 5) is 62.8. The van der Waals surface area contributed by atoms with Gasteiger partial charge in [0.05, 0.1) is 43.9 Å². The molecule has 4 aliphatic rings. The van der Waals surface area contributed by atoms with Gasteiger partial charge in [-0.1, -0.05) is 56.1 Å². The molecule has 3 aliphatic heterocycles. The van der Waals surface area contributed by atoms with E-state index in [1.54, 1.807) is 51.2 Å². The maximum atomic E-state index is 16.2. The highest BCUT2D eigenvalue weighted by molar-refractivity contribution is 7.14. The number of aliphatic hydroxyl groups is 1. The van der Waals surface area contributed by atoms with E-state index in [1.807, 2.05) is 17.4 Å². The summed E-state index contributed by atoms with van der Waals surface area (Å²) in [6.07, 6.45) is -5.15. The summed E-state index contributed by atoms with van der Waals surface area (Å²) in [5.41, 5.74) is -0.249. The maximum Gasteiger partial charge on any atom is 0.407 e. The van der Waals surface area contributed by atoms with Crippen LogP contribution in [0.1, 0.15) is 93.5 Å². The third-order valence-corrected chi connectivity index (χ3v) is 15.7. The van der Waals surface area contributed by atoms with Crippen molar-refractivity contribution in [2.45, 2.75) is 128 Å². The predicted molar refractivity (Wildman–Crippen MR) is 278 cm³/mol. The van der Waals surface area contributed by atoms with Crippen LogP contribution in [0.2, 0.25) is 0 Å². The first-order chi connectivity index (χ1) is 36.9. The normalized spacial score (nSPS) is 19.4. The number of carbonyl (C=O) groups is 4. The summed E-state index contributed by atoms with van der Waals surface area (Å²) < 4.78 is 91.6. The van der Waals surface area contributed by atoms with Crippen LogP contribution in [0.4, 0.5) is 37.4 Å². The van der Waals surface area contributed by atoms with Gasteiger partial charge in [0.2, 0.25) is 5.91 Å². The van der Waals surface area contributed by atoms with Crippen molar-refractivity contribution in [1.82, 2.24) is 46.5 Å². The van der Waals surface area contributed by atoms with Crippen LogP contribution in [0.25, 0.3) is 10.6 Å². The minimum absolute atomic E-state index is 0.106. The zero-order valence-corrected chi connectivity index (χ0v) is 45.2. The summed E-state index contributed by atoms with van der Waals surface area (Å²) in [5.74, 6) is 2.88. The molecule has 0 radical (unpaired) electrons. The van der Waals surface area contributed by atoms with Crippen LogP contribution < -0.4 is 26.3 Å². The molecule has 5 N–H and O–H groups in total. The number of nitrogens with zero attached hydrogens (tertiary/aromatic N) is 6. The molecule has 0 spiro atoms. The molecule has 2 aromatic heterocycles. The molecule has 8 rings (SSSR count). The Hall–Kier alpha value is -6.52. The number of hydrogen-bond donors (Lipinski definition) is 5. The van der Waals surface area contributed by atoms with E-state index < -0.39 is 95.6 Å². The Labute approximate surface area is 453 Å². The number of aromatic nitrogens is 3. The first kappa shape index (κ1) is 57.6. The van der Waals surface area contributed by atoms with E-state index >= 15 is 8.78 Å². The fraction of sp³-hybridized carbons (Fsp3) is 0.537. The summed E-state index contributed by atoms with van der Waals surface area (Å²) in [7, 11) is 2.18. The molecular weight excluding hydrogens is 1040 g/mol. The Morgan fingerprint density at radius 1 is 0.872 bits per heavy atom. The Morgan fingerprint density at radius 2 is 1.51 bits per heavy atom. The minimum atomic E-state index is -5.05. The second-order valence-corrected chi connectivity index (χ2v) is 22.9. The molecular formula is C54H65F5N10O8S. The van der Waals surface area contributed by atoms with Gasteiger partial charge in [-0.2, -0.15) is 13.2 Å². The molecule has 2 aromatic carbocycles. The molecule has 24 heteroatoms. The number of rotatable bonds is 18. The fourth-order valence-corrected chi connectivity index (χ4v) is 10.8. The van der Waals surface area contributed by atoms with Crippen LogP contribution >= 0.6 is 11.3 Å². The van der Waals surface area contributed by atoms with Crippen LogP contribution in [0.3, 0.4) is 0 Å². The van der Waals surface area contributed by atoms with Gasteiger partial charge in [-0.25, -0.2) is 28.4 Å². The van der Waals surface area contributed by atoms with Crippen LogP contribution in [0.5, 0.6) is 0 Å². The molecule has 78 heavy (non-hydrogen) atoms. The number of hydrazine groups is 1. The third-order valence-electron chi connectivity index (χ3n) is 14.6. The largest absolute Gasteiger partial charge is 0.453 e. The molecule has 4 aromatic rings. The topological polar surface area (TPSA) is 213 Å². The van der Waals surface area contributed by atoms with Crippen LogP contribution in [0.15, 0.2) is 54.7 Å². The van der Waals surface area contributed by atoms with Gasteiger partial charge in [0.15, 0.2) is 6.10 Å². The van der Waals surface area contributed by atoms with Crippen molar-refractivity contribution in [3.63, 3.8) is 0 Å². The van der Waals surface area contributed by atoms with Crippen molar-refractivity contribution in [1.29, 1.82) is 0 Å². The minimum Gasteiger partial charge on any atom is -0.453 e. The molecule has 18 nitrogen and oxygen atoms in total. The monoisotopic (exact) mass is 1110 g/mol. The number of pyridine rings is 1. The van der Waals surface area contributed by atoms with Crippen molar-refractivity contribution in [3.8, 4) is 22.4 Å². The van der Waals surface area contributed by atoms with E-state index in [2.05, 4.69) is 52.6 Å². The van der Waals surface area contributed by atoms with Crippen molar-refractivity contribution in [2.75, 3.05) is 51.9 Å². The number of amides is 4. The molecule has 5 heterocycles. The summed E-state index contributed by atoms with van der Waals surface area (Å²) in [6.45, 7) is 8.03. The van der Waals surface area contributed by atoms with E-state index in [4.69, 9.17) is 14.5 Å². The lowest BCUT2D eigenvalue weighted by Crippen LogP contribution is -2.62. The Balaban J connectivity index is 1.05. The number of methoxy groups -OCH3 is 1. The number of fused-ring (bicyclic) bond motifs is 2. The van der Waals surface area contributed by atoms with Gasteiger partial charge in [-0.05, 0) is 87.9 Å². The number of halogens is 5. The molecule has 4 amide bonds. The van der Waals surface area contributed by atoms with Gasteiger partial charge in [0, 0.05) is 85.1 Å². The smallest absolute Gasteiger partial charge is 0.407 e. The Morgan fingerprint density at radius 3 is 2.06 bits per heavy atom. The molecule has 0 unspecified atom stereocenters. The van der Waals surface area contributed by atoms with Crippen LogP contribution in [-0.4, -0.2) is 150 Å². The number of aliphatic hydroxyl groups excluding tert-OH is 1. The predicted octanol–water partition coefficient (Wildman–Crippen LogP) is 6.21. The fourth-order valence-electron chi connectivity index (χ4n) is 9.77. The lowest BCUT2D eigenvalue weighted by atomic mass is 9.82. The molecule has 3 saturated heterocycles. The SMILES string of the molecule is CNC(=O)O[C@H](C(=O)NN(Cc1c(F)cc(-c2nnc(C3CC3)s2)cc1F)C[C@H](O)[C@H](Cc1ccc(C#Cc2ccc(N3C[C@@H]4CC[C@@H](C3)N4C3COC3)nc2)cc1)NC(=O)[C@@H](NC(=O)OC)C(C)(C)C(F)(F)F)C(C)(C)C. The number of alkyl halides is 3. The van der Waals surface area contributed by atoms with Gasteiger partial charge in [-0.3, -0.25) is 19.9 Å². The number of benzene rings is 2. The van der Waals surface area contributed by atoms with E-state index in [0.717, 1.165) is 87.1 Å². The van der Waals surface area contributed by atoms with Crippen molar-refractivity contribution in [2.24, 2.45) is 10.8 Å². The van der Waals surface area contributed by atoms with Gasteiger partial charge >= 0.3 is 18.4 Å². The second kappa shape index (κ2) is 23.8. The van der Waals surface area contributed by atoms with Crippen LogP contribution in [-0.2, 0) is 36.8 Å². The lowest BCUT2D eigenvalue weighted by molar-refractivity contribution is -0.220. The third kappa shape index (κ3) is 13.7. The first-order valence-electron chi connectivity index (χ1n) is 25.7. The highest BCUT2D eigenvalue weighted by Crippen LogP contribution is 2.43. The van der Waals surface area contributed by atoms with Crippen molar-refractivity contribution >= 4 is 41.2 Å². The maximum absolute atomic E-state index is 16.2. The number of carbonyl (C=O) groups excluding carboxylic acids is 4. The van der Waals surface area contributed by atoms with Crippen molar-refractivity contribution < 1.29 is 60.4 Å². The molecule has 4 fully saturated rings. The average molecular weight is 1110 g/mol. The van der Waals surface area contributed by atoms with E-state index in [0.29, 0.717) is 48.7 Å². The number of ether oxygens (including phenoxy) is 3. The number of alkyl carbamates (subject to hydrolysis) is 2. The molecule has 1 saturated carbocycles. The molecule has 1 aliphatic carbocycles. The quantitative estimate of drug-likeness (QED) is 0.0426. The summed E-state index contributed by atoms with van der Waals surface area (Å²) in [5, 5.41) is 29.1. The second-order valence-electron chi connectivity index (χ2n) is 21.9. The number of nitrogens with one attached hydrogen (secondary N) is 4. The molecule has 2 bridgehead atoms. The van der Waals surface area contributed by atoms with Gasteiger partial charge in [-0.15, -0.1) is 10.2 Å². The average Bonchev–Trinajstić information content (AvgIpc) is 4.06. The van der Waals surface area contributed by atoms with Gasteiger partial charge < -0.3 is 40.2 Å². The Kier molecular flexibility index (Phi) is 17.6. The van der Waals surface area contributed by atoms with Crippen molar-refractivity contribution in [3.05, 3.63) is 93.6 Å². The number of anilines is 1. The molecule has 420 valence electrons. The molecule has 6 atom stereocenters. The van der Waals surface area contributed by atoms with Gasteiger partial charge in [0.1, 0.15) is 33.5 Å². The number of hydrogen-bond acceptors (Lipinski definition) is 15. The van der Waals surface area contributed by atoms with E-state index in [-0.39, 0.29) is 22.9 Å². The first-order valence-corrected chi connectivity index (χ1v) is 26.6. The number of piperazine rings is 1. The van der Waals surface area contributed by atoms with E-state index in [1.165, 1.54) is 18.4 Å². The zero-order valence-electron chi connectivity index (χ0n) is 44.4.